The first-order valence-corrected chi connectivity index (χ1v) is 9.33. The van der Waals surface area contributed by atoms with Crippen molar-refractivity contribution in [3.63, 3.8) is 0 Å². The summed E-state index contributed by atoms with van der Waals surface area (Å²) >= 11 is 0. The van der Waals surface area contributed by atoms with Crippen LogP contribution in [0.1, 0.15) is 45.1 Å². The monoisotopic (exact) mass is 348 g/mol. The predicted molar refractivity (Wildman–Crippen MR) is 101 cm³/mol. The Morgan fingerprint density at radius 3 is 2.80 bits per heavy atom. The number of pyridine rings is 1. The number of hydrogen-bond acceptors (Lipinski definition) is 4. The number of guanidine groups is 1. The number of aliphatic imine (C=N–C) groups is 1. The highest BCUT2D eigenvalue weighted by atomic mass is 16.5. The van der Waals surface area contributed by atoms with Crippen molar-refractivity contribution >= 4 is 5.96 Å². The fraction of sp³-hybridized carbons (Fsp3) is 0.684. The zero-order valence-electron chi connectivity index (χ0n) is 15.8. The van der Waals surface area contributed by atoms with Crippen LogP contribution in [-0.4, -0.2) is 43.9 Å². The third-order valence-corrected chi connectivity index (χ3v) is 4.48. The van der Waals surface area contributed by atoms with Gasteiger partial charge in [-0.15, -0.1) is 0 Å². The van der Waals surface area contributed by atoms with E-state index in [1.807, 2.05) is 12.1 Å². The largest absolute Gasteiger partial charge is 0.475 e. The third kappa shape index (κ3) is 6.90. The van der Waals surface area contributed by atoms with Crippen molar-refractivity contribution in [1.82, 2.24) is 15.6 Å². The van der Waals surface area contributed by atoms with Crippen LogP contribution in [0, 0.1) is 5.92 Å². The first-order chi connectivity index (χ1) is 12.2. The molecule has 0 bridgehead atoms. The van der Waals surface area contributed by atoms with Gasteiger partial charge >= 0.3 is 0 Å². The van der Waals surface area contributed by atoms with E-state index in [0.29, 0.717) is 31.7 Å². The van der Waals surface area contributed by atoms with Crippen LogP contribution in [0.3, 0.4) is 0 Å². The highest BCUT2D eigenvalue weighted by Gasteiger charge is 2.18. The van der Waals surface area contributed by atoms with E-state index in [1.165, 1.54) is 25.7 Å². The molecule has 25 heavy (non-hydrogen) atoms. The number of methoxy groups -OCH3 is 1. The van der Waals surface area contributed by atoms with Crippen LogP contribution in [0.5, 0.6) is 5.88 Å². The molecule has 0 spiro atoms. The lowest BCUT2D eigenvalue weighted by Gasteiger charge is -2.28. The minimum Gasteiger partial charge on any atom is -0.475 e. The molecule has 1 aromatic rings. The minimum absolute atomic E-state index is 0.489. The summed E-state index contributed by atoms with van der Waals surface area (Å²) in [5.74, 6) is 2.35. The van der Waals surface area contributed by atoms with Crippen molar-refractivity contribution in [2.45, 2.75) is 52.1 Å². The maximum Gasteiger partial charge on any atom is 0.218 e. The standard InChI is InChI=1S/C19H32N4O2/c1-4-20-19(23-17-9-7-15(2)8-10-17)22-14-16-6-5-11-21-18(16)25-13-12-24-3/h5-6,11,15,17H,4,7-10,12-14H2,1-3H3,(H2,20,22,23). The summed E-state index contributed by atoms with van der Waals surface area (Å²) in [6, 6.07) is 4.43. The summed E-state index contributed by atoms with van der Waals surface area (Å²) in [4.78, 5) is 9.04. The fourth-order valence-electron chi connectivity index (χ4n) is 2.98. The van der Waals surface area contributed by atoms with Gasteiger partial charge in [-0.1, -0.05) is 13.0 Å². The maximum atomic E-state index is 5.69. The van der Waals surface area contributed by atoms with Crippen LogP contribution in [0.4, 0.5) is 0 Å². The van der Waals surface area contributed by atoms with Crippen molar-refractivity contribution in [3.8, 4) is 5.88 Å². The maximum absolute atomic E-state index is 5.69. The van der Waals surface area contributed by atoms with Crippen molar-refractivity contribution in [1.29, 1.82) is 0 Å². The second kappa shape index (κ2) is 10.9. The smallest absolute Gasteiger partial charge is 0.218 e. The molecule has 0 atom stereocenters. The number of nitrogens with one attached hydrogen (secondary N) is 2. The molecule has 1 aliphatic carbocycles. The second-order valence-electron chi connectivity index (χ2n) is 6.61. The Hall–Kier alpha value is -1.82. The van der Waals surface area contributed by atoms with Gasteiger partial charge in [0.25, 0.3) is 0 Å². The Bertz CT molecular complexity index is 528. The lowest BCUT2D eigenvalue weighted by molar-refractivity contribution is 0.143. The van der Waals surface area contributed by atoms with Crippen molar-refractivity contribution in [2.75, 3.05) is 26.9 Å². The lowest BCUT2D eigenvalue weighted by atomic mass is 9.87. The van der Waals surface area contributed by atoms with E-state index in [0.717, 1.165) is 24.0 Å². The number of ether oxygens (including phenoxy) is 2. The van der Waals surface area contributed by atoms with Gasteiger partial charge in [0, 0.05) is 31.5 Å². The molecule has 2 rings (SSSR count). The average molecular weight is 348 g/mol. The van der Waals surface area contributed by atoms with Gasteiger partial charge in [0.05, 0.1) is 13.2 Å². The zero-order chi connectivity index (χ0) is 17.9. The van der Waals surface area contributed by atoms with Gasteiger partial charge in [0.1, 0.15) is 6.61 Å². The summed E-state index contributed by atoms with van der Waals surface area (Å²) in [5, 5.41) is 6.92. The molecule has 1 heterocycles. The highest BCUT2D eigenvalue weighted by Crippen LogP contribution is 2.23. The molecule has 0 amide bonds. The van der Waals surface area contributed by atoms with E-state index >= 15 is 0 Å². The quantitative estimate of drug-likeness (QED) is 0.429. The Balaban J connectivity index is 1.96. The van der Waals surface area contributed by atoms with Gasteiger partial charge in [0.15, 0.2) is 5.96 Å². The van der Waals surface area contributed by atoms with Gasteiger partial charge in [0.2, 0.25) is 5.88 Å². The first kappa shape index (κ1) is 19.5. The van der Waals surface area contributed by atoms with Crippen molar-refractivity contribution in [2.24, 2.45) is 10.9 Å². The van der Waals surface area contributed by atoms with Crippen LogP contribution in [0.25, 0.3) is 0 Å². The molecular weight excluding hydrogens is 316 g/mol. The zero-order valence-corrected chi connectivity index (χ0v) is 15.8. The number of hydrogen-bond donors (Lipinski definition) is 2. The Morgan fingerprint density at radius 1 is 1.28 bits per heavy atom. The molecular formula is C19H32N4O2. The van der Waals surface area contributed by atoms with Crippen molar-refractivity contribution in [3.05, 3.63) is 23.9 Å². The summed E-state index contributed by atoms with van der Waals surface area (Å²) in [5.41, 5.74) is 0.980. The number of aromatic nitrogens is 1. The molecule has 1 saturated carbocycles. The normalized spacial score (nSPS) is 21.0. The average Bonchev–Trinajstić information content (AvgIpc) is 2.63. The topological polar surface area (TPSA) is 67.8 Å². The second-order valence-corrected chi connectivity index (χ2v) is 6.61. The molecule has 1 aromatic heterocycles. The van der Waals surface area contributed by atoms with Crippen LogP contribution >= 0.6 is 0 Å². The molecule has 140 valence electrons. The van der Waals surface area contributed by atoms with Gasteiger partial charge in [-0.25, -0.2) is 9.98 Å². The molecule has 0 saturated heterocycles. The Labute approximate surface area is 151 Å². The molecule has 6 heteroatoms. The van der Waals surface area contributed by atoms with Gasteiger partial charge in [-0.05, 0) is 44.6 Å². The van der Waals surface area contributed by atoms with Gasteiger partial charge in [-0.3, -0.25) is 0 Å². The summed E-state index contributed by atoms with van der Waals surface area (Å²) in [6.45, 7) is 6.84. The van der Waals surface area contributed by atoms with E-state index < -0.39 is 0 Å². The molecule has 6 nitrogen and oxygen atoms in total. The van der Waals surface area contributed by atoms with Crippen LogP contribution in [0.2, 0.25) is 0 Å². The molecule has 0 aliphatic heterocycles. The molecule has 0 aromatic carbocycles. The molecule has 1 aliphatic rings. The predicted octanol–water partition coefficient (Wildman–Crippen LogP) is 2.74. The Morgan fingerprint density at radius 2 is 2.08 bits per heavy atom. The van der Waals surface area contributed by atoms with E-state index in [1.54, 1.807) is 13.3 Å². The van der Waals surface area contributed by atoms with E-state index in [4.69, 9.17) is 14.5 Å². The Kier molecular flexibility index (Phi) is 8.52. The molecule has 0 unspecified atom stereocenters. The van der Waals surface area contributed by atoms with Crippen molar-refractivity contribution < 1.29 is 9.47 Å². The summed E-state index contributed by atoms with van der Waals surface area (Å²) in [6.07, 6.45) is 6.74. The van der Waals surface area contributed by atoms with Crippen LogP contribution < -0.4 is 15.4 Å². The van der Waals surface area contributed by atoms with Crippen LogP contribution in [0.15, 0.2) is 23.3 Å². The SMILES string of the molecule is CCNC(=NCc1cccnc1OCCOC)NC1CCC(C)CC1. The minimum atomic E-state index is 0.489. The summed E-state index contributed by atoms with van der Waals surface area (Å²) < 4.78 is 10.7. The van der Waals surface area contributed by atoms with E-state index in [9.17, 15) is 0 Å². The number of rotatable bonds is 8. The molecule has 2 N–H and O–H groups in total. The third-order valence-electron chi connectivity index (χ3n) is 4.48. The molecule has 0 radical (unpaired) electrons. The molecule has 1 fully saturated rings. The van der Waals surface area contributed by atoms with Gasteiger partial charge < -0.3 is 20.1 Å². The lowest BCUT2D eigenvalue weighted by Crippen LogP contribution is -2.44. The van der Waals surface area contributed by atoms with Gasteiger partial charge in [-0.2, -0.15) is 0 Å². The highest BCUT2D eigenvalue weighted by molar-refractivity contribution is 5.80. The van der Waals surface area contributed by atoms with E-state index in [2.05, 4.69) is 29.5 Å². The first-order valence-electron chi connectivity index (χ1n) is 9.33. The number of nitrogens with zero attached hydrogens (tertiary/aromatic N) is 2. The fourth-order valence-corrected chi connectivity index (χ4v) is 2.98. The van der Waals surface area contributed by atoms with Crippen LogP contribution in [-0.2, 0) is 11.3 Å². The summed E-state index contributed by atoms with van der Waals surface area (Å²) in [7, 11) is 1.66. The van der Waals surface area contributed by atoms with E-state index in [-0.39, 0.29) is 0 Å².